The van der Waals surface area contributed by atoms with E-state index in [2.05, 4.69) is 45.6 Å². The Morgan fingerprint density at radius 2 is 1.83 bits per heavy atom. The van der Waals surface area contributed by atoms with Crippen LogP contribution in [0.4, 0.5) is 5.95 Å². The summed E-state index contributed by atoms with van der Waals surface area (Å²) in [4.78, 5) is 13.8. The van der Waals surface area contributed by atoms with E-state index in [4.69, 9.17) is 10.7 Å². The van der Waals surface area contributed by atoms with E-state index in [1.54, 1.807) is 0 Å². The van der Waals surface area contributed by atoms with Gasteiger partial charge in [0.05, 0.1) is 11.6 Å². The molecule has 0 radical (unpaired) electrons. The van der Waals surface area contributed by atoms with Crippen LogP contribution < -0.4 is 11.1 Å². The van der Waals surface area contributed by atoms with Crippen molar-refractivity contribution in [1.29, 1.82) is 0 Å². The maximum atomic E-state index is 6.59. The number of aromatic nitrogens is 2. The van der Waals surface area contributed by atoms with Crippen LogP contribution in [0.3, 0.4) is 0 Å². The number of nitrogens with one attached hydrogen (secondary N) is 1. The number of rotatable bonds is 6. The van der Waals surface area contributed by atoms with E-state index < -0.39 is 0 Å². The van der Waals surface area contributed by atoms with Crippen molar-refractivity contribution in [2.24, 2.45) is 10.7 Å². The molecule has 2 unspecified atom stereocenters. The van der Waals surface area contributed by atoms with Gasteiger partial charge >= 0.3 is 0 Å². The number of nitrogens with zero attached hydrogens (tertiary/aromatic N) is 3. The van der Waals surface area contributed by atoms with Crippen LogP contribution in [0.1, 0.15) is 62.1 Å². The van der Waals surface area contributed by atoms with Gasteiger partial charge in [-0.15, -0.1) is 0 Å². The van der Waals surface area contributed by atoms with Gasteiger partial charge in [0.15, 0.2) is 0 Å². The molecule has 2 atom stereocenters. The summed E-state index contributed by atoms with van der Waals surface area (Å²) < 4.78 is 0. The summed E-state index contributed by atoms with van der Waals surface area (Å²) in [7, 11) is 0. The van der Waals surface area contributed by atoms with Crippen LogP contribution >= 0.6 is 0 Å². The molecule has 0 amide bonds. The first kappa shape index (κ1) is 19.8. The molecule has 4 rings (SSSR count). The van der Waals surface area contributed by atoms with Crippen LogP contribution in [0.25, 0.3) is 0 Å². The largest absolute Gasteiger partial charge is 0.351 e. The van der Waals surface area contributed by atoms with E-state index in [0.29, 0.717) is 6.04 Å². The minimum absolute atomic E-state index is 0.00961. The molecule has 152 valence electrons. The Balaban J connectivity index is 1.38. The predicted molar refractivity (Wildman–Crippen MR) is 119 cm³/mol. The molecule has 1 aliphatic heterocycles. The highest BCUT2D eigenvalue weighted by Crippen LogP contribution is 2.26. The molecule has 2 aliphatic rings. The van der Waals surface area contributed by atoms with Gasteiger partial charge in [0.25, 0.3) is 0 Å². The van der Waals surface area contributed by atoms with Crippen LogP contribution in [0.15, 0.2) is 59.4 Å². The summed E-state index contributed by atoms with van der Waals surface area (Å²) in [5, 5.41) is 3.52. The van der Waals surface area contributed by atoms with Crippen LogP contribution in [0.5, 0.6) is 0 Å². The highest BCUT2D eigenvalue weighted by molar-refractivity contribution is 5.69. The Morgan fingerprint density at radius 1 is 1.00 bits per heavy atom. The lowest BCUT2D eigenvalue weighted by Crippen LogP contribution is -2.30. The van der Waals surface area contributed by atoms with Gasteiger partial charge in [-0.2, -0.15) is 0 Å². The van der Waals surface area contributed by atoms with Gasteiger partial charge in [-0.3, -0.25) is 4.99 Å². The standard InChI is InChI=1S/C24H31N5/c25-22-15-19(12-11-18-7-3-1-4-8-18)16-26-17-21(22)23-13-14-27-24(29-23)28-20-9-5-2-6-10-20/h1,3-4,7-8,13-14,16-17,20-22H,2,5-6,9-12,15,25H2,(H,27,28,29). The van der Waals surface area contributed by atoms with Gasteiger partial charge in [0, 0.05) is 30.7 Å². The van der Waals surface area contributed by atoms with Crippen LogP contribution in [-0.2, 0) is 6.42 Å². The van der Waals surface area contributed by atoms with E-state index in [-0.39, 0.29) is 12.0 Å². The monoisotopic (exact) mass is 389 g/mol. The molecular formula is C24H31N5. The van der Waals surface area contributed by atoms with E-state index in [0.717, 1.165) is 30.9 Å². The number of aryl methyl sites for hydroxylation is 1. The summed E-state index contributed by atoms with van der Waals surface area (Å²) in [5.41, 5.74) is 10.2. The normalized spacial score (nSPS) is 22.7. The average Bonchev–Trinajstić information content (AvgIpc) is 2.95. The first-order valence-electron chi connectivity index (χ1n) is 10.9. The smallest absolute Gasteiger partial charge is 0.223 e. The number of hydrogen-bond donors (Lipinski definition) is 2. The Hall–Kier alpha value is -2.53. The van der Waals surface area contributed by atoms with Crippen LogP contribution in [0.2, 0.25) is 0 Å². The molecule has 5 heteroatoms. The Kier molecular flexibility index (Phi) is 6.67. The van der Waals surface area contributed by atoms with Gasteiger partial charge in [-0.25, -0.2) is 9.97 Å². The molecule has 0 bridgehead atoms. The molecule has 0 spiro atoms. The zero-order valence-electron chi connectivity index (χ0n) is 17.0. The second-order valence-electron chi connectivity index (χ2n) is 8.25. The number of hydrogen-bond acceptors (Lipinski definition) is 5. The average molecular weight is 390 g/mol. The third-order valence-electron chi connectivity index (χ3n) is 6.00. The van der Waals surface area contributed by atoms with E-state index in [9.17, 15) is 0 Å². The first-order chi connectivity index (χ1) is 14.3. The van der Waals surface area contributed by atoms with Crippen molar-refractivity contribution in [1.82, 2.24) is 9.97 Å². The van der Waals surface area contributed by atoms with Gasteiger partial charge in [0.2, 0.25) is 5.95 Å². The van der Waals surface area contributed by atoms with Crippen molar-refractivity contribution in [2.75, 3.05) is 5.32 Å². The summed E-state index contributed by atoms with van der Waals surface area (Å²) in [6.45, 7) is 0. The fourth-order valence-corrected chi connectivity index (χ4v) is 4.30. The Labute approximate surface area is 173 Å². The molecule has 1 aromatic heterocycles. The van der Waals surface area contributed by atoms with Crippen molar-refractivity contribution in [2.45, 2.75) is 69.4 Å². The summed E-state index contributed by atoms with van der Waals surface area (Å²) in [6, 6.07) is 13.0. The maximum absolute atomic E-state index is 6.59. The SMILES string of the molecule is NC1CC(CCc2ccccc2)=CN=CC1c1ccnc(NC2CCCCC2)n1. The third kappa shape index (κ3) is 5.51. The van der Waals surface area contributed by atoms with E-state index in [1.807, 2.05) is 24.7 Å². The maximum Gasteiger partial charge on any atom is 0.223 e. The van der Waals surface area contributed by atoms with Crippen molar-refractivity contribution >= 4 is 12.2 Å². The van der Waals surface area contributed by atoms with Gasteiger partial charge in [-0.1, -0.05) is 55.2 Å². The zero-order chi connectivity index (χ0) is 19.9. The highest BCUT2D eigenvalue weighted by Gasteiger charge is 2.23. The lowest BCUT2D eigenvalue weighted by atomic mass is 9.91. The zero-order valence-corrected chi connectivity index (χ0v) is 17.0. The van der Waals surface area contributed by atoms with Gasteiger partial charge < -0.3 is 11.1 Å². The first-order valence-corrected chi connectivity index (χ1v) is 10.9. The second-order valence-corrected chi connectivity index (χ2v) is 8.25. The molecule has 0 saturated heterocycles. The van der Waals surface area contributed by atoms with Gasteiger partial charge in [-0.05, 0) is 43.7 Å². The van der Waals surface area contributed by atoms with Crippen molar-refractivity contribution in [3.05, 3.63) is 65.6 Å². The molecule has 29 heavy (non-hydrogen) atoms. The number of anilines is 1. The third-order valence-corrected chi connectivity index (χ3v) is 6.00. The number of aliphatic imine (C=N–C) groups is 1. The predicted octanol–water partition coefficient (Wildman–Crippen LogP) is 4.62. The Bertz CT molecular complexity index is 839. The number of benzene rings is 1. The topological polar surface area (TPSA) is 76.2 Å². The molecule has 3 N–H and O–H groups in total. The quantitative estimate of drug-likeness (QED) is 0.756. The van der Waals surface area contributed by atoms with Gasteiger partial charge in [0.1, 0.15) is 0 Å². The molecule has 1 fully saturated rings. The fraction of sp³-hybridized carbons (Fsp3) is 0.458. The number of nitrogens with two attached hydrogens (primary N) is 1. The lowest BCUT2D eigenvalue weighted by molar-refractivity contribution is 0.460. The fourth-order valence-electron chi connectivity index (χ4n) is 4.30. The Morgan fingerprint density at radius 3 is 2.66 bits per heavy atom. The summed E-state index contributed by atoms with van der Waals surface area (Å²) in [6.07, 6.45) is 14.9. The molecule has 1 aromatic carbocycles. The highest BCUT2D eigenvalue weighted by atomic mass is 15.1. The molecule has 1 saturated carbocycles. The lowest BCUT2D eigenvalue weighted by Gasteiger charge is -2.24. The summed E-state index contributed by atoms with van der Waals surface area (Å²) >= 11 is 0. The molecule has 2 heterocycles. The second kappa shape index (κ2) is 9.79. The van der Waals surface area contributed by atoms with Crippen LogP contribution in [-0.4, -0.2) is 28.3 Å². The molecule has 2 aromatic rings. The minimum atomic E-state index is -0.0271. The van der Waals surface area contributed by atoms with E-state index >= 15 is 0 Å². The van der Waals surface area contributed by atoms with Crippen molar-refractivity contribution < 1.29 is 0 Å². The molecule has 1 aliphatic carbocycles. The van der Waals surface area contributed by atoms with Crippen molar-refractivity contribution in [3.63, 3.8) is 0 Å². The molecule has 5 nitrogen and oxygen atoms in total. The van der Waals surface area contributed by atoms with E-state index in [1.165, 1.54) is 43.2 Å². The minimum Gasteiger partial charge on any atom is -0.351 e. The van der Waals surface area contributed by atoms with Crippen molar-refractivity contribution in [3.8, 4) is 0 Å². The summed E-state index contributed by atoms with van der Waals surface area (Å²) in [5.74, 6) is 0.729. The van der Waals surface area contributed by atoms with Crippen LogP contribution in [0, 0.1) is 0 Å². The molecular weight excluding hydrogens is 358 g/mol.